The molecule has 1 heterocycles. The molecule has 1 aromatic heterocycles. The van der Waals surface area contributed by atoms with Crippen molar-refractivity contribution in [3.8, 4) is 11.3 Å². The van der Waals surface area contributed by atoms with Crippen LogP contribution in [0, 0.1) is 0 Å². The zero-order chi connectivity index (χ0) is 20.8. The van der Waals surface area contributed by atoms with Crippen molar-refractivity contribution >= 4 is 22.3 Å². The van der Waals surface area contributed by atoms with E-state index in [0.29, 0.717) is 30.6 Å². The number of hydrogen-bond acceptors (Lipinski definition) is 4. The Morgan fingerprint density at radius 2 is 1.66 bits per heavy atom. The van der Waals surface area contributed by atoms with Crippen molar-refractivity contribution in [1.82, 2.24) is 0 Å². The van der Waals surface area contributed by atoms with Gasteiger partial charge in [0.1, 0.15) is 22.8 Å². The summed E-state index contributed by atoms with van der Waals surface area (Å²) in [6.07, 6.45) is 1.36. The molecule has 0 atom stereocenters. The number of ketones is 1. The number of benzene rings is 2. The minimum absolute atomic E-state index is 0.133. The summed E-state index contributed by atoms with van der Waals surface area (Å²) >= 11 is 0. The highest BCUT2D eigenvalue weighted by molar-refractivity contribution is 6.10. The van der Waals surface area contributed by atoms with E-state index in [2.05, 4.69) is 0 Å². The van der Waals surface area contributed by atoms with Crippen molar-refractivity contribution in [1.29, 1.82) is 0 Å². The van der Waals surface area contributed by atoms with Crippen LogP contribution in [-0.2, 0) is 10.2 Å². The summed E-state index contributed by atoms with van der Waals surface area (Å²) in [5.41, 5.74) is -0.0228. The molecule has 0 amide bonds. The summed E-state index contributed by atoms with van der Waals surface area (Å²) < 4.78 is 6.29. The highest BCUT2D eigenvalue weighted by Gasteiger charge is 2.48. The second-order valence-electron chi connectivity index (χ2n) is 7.50. The van der Waals surface area contributed by atoms with Gasteiger partial charge in [-0.25, -0.2) is 0 Å². The topological polar surface area (TPSA) is 67.5 Å². The van der Waals surface area contributed by atoms with Gasteiger partial charge in [-0.2, -0.15) is 0 Å². The molecule has 0 saturated heterocycles. The molecule has 4 heteroatoms. The van der Waals surface area contributed by atoms with Gasteiger partial charge in [-0.1, -0.05) is 63.2 Å². The van der Waals surface area contributed by atoms with Crippen LogP contribution in [0.15, 0.2) is 63.3 Å². The van der Waals surface area contributed by atoms with Crippen molar-refractivity contribution < 1.29 is 14.3 Å². The van der Waals surface area contributed by atoms with E-state index in [-0.39, 0.29) is 28.3 Å². The second-order valence-corrected chi connectivity index (χ2v) is 7.50. The molecule has 0 fully saturated rings. The fraction of sp³-hybridized carbons (Fsp3) is 0.280. The summed E-state index contributed by atoms with van der Waals surface area (Å²) in [6.45, 7) is 5.66. The molecule has 4 rings (SSSR count). The van der Waals surface area contributed by atoms with Crippen molar-refractivity contribution in [2.75, 3.05) is 0 Å². The van der Waals surface area contributed by atoms with E-state index in [1.807, 2.05) is 63.2 Å². The van der Waals surface area contributed by atoms with Crippen LogP contribution < -0.4 is 5.43 Å². The van der Waals surface area contributed by atoms with E-state index in [0.717, 1.165) is 16.3 Å². The lowest BCUT2D eigenvalue weighted by atomic mass is 9.68. The minimum Gasteiger partial charge on any atom is -0.507 e. The van der Waals surface area contributed by atoms with E-state index < -0.39 is 5.41 Å². The van der Waals surface area contributed by atoms with Gasteiger partial charge in [-0.3, -0.25) is 9.59 Å². The molecule has 3 aromatic rings. The Morgan fingerprint density at radius 3 is 2.34 bits per heavy atom. The average Bonchev–Trinajstić information content (AvgIpc) is 2.74. The van der Waals surface area contributed by atoms with Crippen LogP contribution in [0.1, 0.15) is 51.4 Å². The first kappa shape index (κ1) is 19.2. The van der Waals surface area contributed by atoms with Gasteiger partial charge in [0.05, 0.1) is 5.41 Å². The molecule has 0 radical (unpaired) electrons. The number of carbonyl (C=O) groups is 1. The average molecular weight is 388 g/mol. The first-order valence-corrected chi connectivity index (χ1v) is 10.1. The lowest BCUT2D eigenvalue weighted by Gasteiger charge is -2.35. The van der Waals surface area contributed by atoms with E-state index in [1.54, 1.807) is 0 Å². The molecule has 1 aliphatic carbocycles. The predicted octanol–water partition coefficient (Wildman–Crippen LogP) is 5.78. The lowest BCUT2D eigenvalue weighted by molar-refractivity contribution is -0.122. The van der Waals surface area contributed by atoms with Crippen molar-refractivity contribution in [3.05, 3.63) is 75.7 Å². The van der Waals surface area contributed by atoms with Crippen LogP contribution in [0.4, 0.5) is 0 Å². The molecule has 0 aliphatic heterocycles. The third-order valence-electron chi connectivity index (χ3n) is 6.23. The predicted molar refractivity (Wildman–Crippen MR) is 115 cm³/mol. The Hall–Kier alpha value is -3.14. The maximum absolute atomic E-state index is 13.3. The number of aliphatic hydroxyl groups excluding tert-OH is 1. The molecule has 0 spiro atoms. The van der Waals surface area contributed by atoms with Gasteiger partial charge >= 0.3 is 0 Å². The highest BCUT2D eigenvalue weighted by Crippen LogP contribution is 2.45. The Labute approximate surface area is 169 Å². The fourth-order valence-electron chi connectivity index (χ4n) is 4.50. The molecule has 0 unspecified atom stereocenters. The van der Waals surface area contributed by atoms with Crippen LogP contribution >= 0.6 is 0 Å². The van der Waals surface area contributed by atoms with Crippen LogP contribution in [-0.4, -0.2) is 10.9 Å². The van der Waals surface area contributed by atoms with Crippen LogP contribution in [0.3, 0.4) is 0 Å². The maximum Gasteiger partial charge on any atom is 0.196 e. The minimum atomic E-state index is -0.938. The largest absolute Gasteiger partial charge is 0.507 e. The third kappa shape index (κ3) is 2.66. The Kier molecular flexibility index (Phi) is 4.65. The van der Waals surface area contributed by atoms with Gasteiger partial charge in [0.25, 0.3) is 0 Å². The smallest absolute Gasteiger partial charge is 0.196 e. The van der Waals surface area contributed by atoms with Gasteiger partial charge in [-0.15, -0.1) is 0 Å². The van der Waals surface area contributed by atoms with Gasteiger partial charge in [0.15, 0.2) is 11.2 Å². The first-order valence-electron chi connectivity index (χ1n) is 10.1. The number of Topliss-reactive ketones (excluding diaryl/α,β-unsaturated/α-hetero) is 1. The van der Waals surface area contributed by atoms with Gasteiger partial charge in [-0.05, 0) is 30.0 Å². The summed E-state index contributed by atoms with van der Waals surface area (Å²) in [4.78, 5) is 26.4. The number of carbonyl (C=O) groups excluding carboxylic acids is 1. The third-order valence-corrected chi connectivity index (χ3v) is 6.23. The molecule has 0 bridgehead atoms. The zero-order valence-electron chi connectivity index (χ0n) is 16.9. The van der Waals surface area contributed by atoms with Gasteiger partial charge < -0.3 is 9.52 Å². The van der Waals surface area contributed by atoms with E-state index in [1.165, 1.54) is 6.07 Å². The monoisotopic (exact) mass is 388 g/mol. The Morgan fingerprint density at radius 1 is 0.966 bits per heavy atom. The lowest BCUT2D eigenvalue weighted by Crippen LogP contribution is -2.41. The summed E-state index contributed by atoms with van der Waals surface area (Å²) in [5.74, 6) is 0.325. The molecule has 1 aliphatic rings. The van der Waals surface area contributed by atoms with Gasteiger partial charge in [0.2, 0.25) is 0 Å². The van der Waals surface area contributed by atoms with E-state index in [9.17, 15) is 14.7 Å². The standard InChI is InChI=1S/C25H24O4/c1-4-16-22(27)21-19(26)14-20(29-24(21)25(5-2,6-3)23(16)28)18-13-9-11-15-10-7-8-12-17(15)18/h7-14,27H,4-6H2,1-3H3. The van der Waals surface area contributed by atoms with Crippen LogP contribution in [0.25, 0.3) is 27.9 Å². The molecule has 29 heavy (non-hydrogen) atoms. The molecular weight excluding hydrogens is 364 g/mol. The fourth-order valence-corrected chi connectivity index (χ4v) is 4.50. The summed E-state index contributed by atoms with van der Waals surface area (Å²) in [5, 5.41) is 12.7. The quantitative estimate of drug-likeness (QED) is 0.615. The van der Waals surface area contributed by atoms with Gasteiger partial charge in [0, 0.05) is 17.2 Å². The van der Waals surface area contributed by atoms with Crippen molar-refractivity contribution in [2.45, 2.75) is 45.4 Å². The molecule has 1 N–H and O–H groups in total. The van der Waals surface area contributed by atoms with E-state index >= 15 is 0 Å². The van der Waals surface area contributed by atoms with Crippen LogP contribution in [0.5, 0.6) is 0 Å². The molecule has 148 valence electrons. The Balaban J connectivity index is 2.08. The SMILES string of the molecule is CCC1=C(O)c2c(oc(-c3cccc4ccccc34)cc2=O)C(CC)(CC)C1=O. The maximum atomic E-state index is 13.3. The molecular formula is C25H24O4. The number of rotatable bonds is 4. The second kappa shape index (κ2) is 7.03. The van der Waals surface area contributed by atoms with Crippen LogP contribution in [0.2, 0.25) is 0 Å². The molecule has 0 saturated carbocycles. The normalized spacial score (nSPS) is 15.6. The number of hydrogen-bond donors (Lipinski definition) is 1. The zero-order valence-corrected chi connectivity index (χ0v) is 16.9. The number of fused-ring (bicyclic) bond motifs is 2. The van der Waals surface area contributed by atoms with E-state index in [4.69, 9.17) is 4.42 Å². The van der Waals surface area contributed by atoms with Crippen molar-refractivity contribution in [2.24, 2.45) is 0 Å². The molecule has 4 nitrogen and oxygen atoms in total. The van der Waals surface area contributed by atoms with Crippen molar-refractivity contribution in [3.63, 3.8) is 0 Å². The number of aliphatic hydroxyl groups is 1. The first-order chi connectivity index (χ1) is 14.0. The summed E-state index contributed by atoms with van der Waals surface area (Å²) in [6, 6.07) is 15.1. The number of allylic oxidation sites excluding steroid dienone is 1. The highest BCUT2D eigenvalue weighted by atomic mass is 16.3. The Bertz CT molecular complexity index is 1200. The summed E-state index contributed by atoms with van der Waals surface area (Å²) in [7, 11) is 0. The molecule has 2 aromatic carbocycles.